The van der Waals surface area contributed by atoms with Crippen molar-refractivity contribution in [3.63, 3.8) is 0 Å². The maximum absolute atomic E-state index is 9.12. The zero-order valence-electron chi connectivity index (χ0n) is 54.6. The van der Waals surface area contributed by atoms with Crippen molar-refractivity contribution in [2.45, 2.75) is 27.7 Å². The molecule has 6 aliphatic heterocycles. The molecule has 390 valence electrons. The number of para-hydroxylation sites is 8. The van der Waals surface area contributed by atoms with Crippen molar-refractivity contribution in [3.05, 3.63) is 216 Å². The molecule has 0 radical (unpaired) electrons. The molecule has 0 atom stereocenters. The fourth-order valence-corrected chi connectivity index (χ4v) is 18.0. The summed E-state index contributed by atoms with van der Waals surface area (Å²) in [6, 6.07) is 62.3. The molecular formula is C66H56N10Pt2. The SMILES string of the molecule is [2H]C([2H])([2H])N1[C]2=[Pt]=[C]3N(c4cccc(c4)N(c4c(C)c(C)c(N5c6cccc(c6)N6[C](=[Pt]=[C]7N(c8cccc5c8)c5ccccc5N7C([2H])([2H])[2H])N(C([2H])([2H])[2H])c5ccccc56)c(C)c4C)c4cccc(c4)N2c2ccccc21)c1ccccc1N3C([2H])([2H])[2H]. The molecule has 78 heavy (non-hydrogen) atoms. The first-order valence-electron chi connectivity index (χ1n) is 31.4. The number of rotatable bonds is 2. The van der Waals surface area contributed by atoms with Gasteiger partial charge in [0.1, 0.15) is 0 Å². The van der Waals surface area contributed by atoms with Crippen molar-refractivity contribution in [1.82, 2.24) is 0 Å². The molecule has 0 fully saturated rings. The van der Waals surface area contributed by atoms with Crippen LogP contribution >= 0.6 is 0 Å². The molecule has 0 aromatic heterocycles. The molecule has 0 spiro atoms. The van der Waals surface area contributed by atoms with E-state index in [4.69, 9.17) is 16.4 Å². The van der Waals surface area contributed by atoms with E-state index in [-0.39, 0.29) is 0 Å². The van der Waals surface area contributed by atoms with E-state index in [1.54, 1.807) is 0 Å². The molecule has 15 rings (SSSR count). The molecule has 0 amide bonds. The summed E-state index contributed by atoms with van der Waals surface area (Å²) in [4.78, 5) is 18.2. The van der Waals surface area contributed by atoms with Gasteiger partial charge in [-0.1, -0.05) is 0 Å². The van der Waals surface area contributed by atoms with Gasteiger partial charge in [-0.05, 0) is 0 Å². The van der Waals surface area contributed by atoms with Crippen LogP contribution in [-0.2, 0) is 35.3 Å². The number of benzene rings is 9. The summed E-state index contributed by atoms with van der Waals surface area (Å²) in [6.07, 6.45) is 0. The molecule has 0 aliphatic carbocycles. The van der Waals surface area contributed by atoms with Gasteiger partial charge in [0.15, 0.2) is 0 Å². The predicted molar refractivity (Wildman–Crippen MR) is 323 cm³/mol. The van der Waals surface area contributed by atoms with Gasteiger partial charge in [0.2, 0.25) is 0 Å². The van der Waals surface area contributed by atoms with E-state index in [0.717, 1.165) is 56.4 Å². The van der Waals surface area contributed by atoms with Crippen molar-refractivity contribution in [1.29, 1.82) is 0 Å². The van der Waals surface area contributed by atoms with Crippen molar-refractivity contribution in [2.75, 3.05) is 76.9 Å². The average molecular weight is 1390 g/mol. The van der Waals surface area contributed by atoms with Crippen molar-refractivity contribution >= 4 is 119 Å². The number of anilines is 18. The minimum atomic E-state index is -2.65. The number of nitrogens with zero attached hydrogens (tertiary/aromatic N) is 10. The third-order valence-corrected chi connectivity index (χ3v) is 21.6. The Labute approximate surface area is 489 Å². The summed E-state index contributed by atoms with van der Waals surface area (Å²) < 4.78 is 111. The maximum atomic E-state index is 9.12. The van der Waals surface area contributed by atoms with Gasteiger partial charge in [0.25, 0.3) is 0 Å². The molecule has 0 saturated carbocycles. The number of hydrogen-bond donors (Lipinski definition) is 0. The Balaban J connectivity index is 0.978. The van der Waals surface area contributed by atoms with Crippen LogP contribution in [0.5, 0.6) is 0 Å². The van der Waals surface area contributed by atoms with Gasteiger partial charge in [0, 0.05) is 0 Å². The standard InChI is InChI=1S/C66H56N10.2Pt/c1-45-46(2)66(76(55-27-19-23-51(39-55)73-43-69(7)59-31-11-15-35-63(59)73)56-28-20-24-52(40-56)74-44-70(8)60-32-12-16-36-64(60)74)48(4)47(3)65(45)75(53-25-17-21-49(37-53)71-41-67(5)57-29-9-13-33-61(57)71)54-26-18-22-50(38-54)72-42-68(6)58-30-10-14-34-62(58)72;;/h9-40H,1-8H3;;/i5D3,6D3,7D3,8D3;;. The van der Waals surface area contributed by atoms with E-state index < -0.39 is 63.2 Å². The van der Waals surface area contributed by atoms with Crippen LogP contribution < -0.4 is 49.0 Å². The topological polar surface area (TPSA) is 32.4 Å². The van der Waals surface area contributed by atoms with Crippen LogP contribution in [0, 0.1) is 27.7 Å². The van der Waals surface area contributed by atoms with Gasteiger partial charge < -0.3 is 0 Å². The summed E-state index contributed by atoms with van der Waals surface area (Å²) in [5, 5.41) is 0. The van der Waals surface area contributed by atoms with Crippen molar-refractivity contribution in [3.8, 4) is 0 Å². The van der Waals surface area contributed by atoms with E-state index in [9.17, 15) is 0 Å². The molecule has 6 aliphatic rings. The number of fused-ring (bicyclic) bond motifs is 24. The third kappa shape index (κ3) is 6.75. The first kappa shape index (κ1) is 36.0. The zero-order valence-corrected chi connectivity index (χ0v) is 47.1. The van der Waals surface area contributed by atoms with Gasteiger partial charge in [-0.15, -0.1) is 0 Å². The Morgan fingerprint density at radius 2 is 0.462 bits per heavy atom. The van der Waals surface area contributed by atoms with Crippen molar-refractivity contribution < 1.29 is 51.7 Å². The minimum absolute atomic E-state index is 0.471. The van der Waals surface area contributed by atoms with Crippen LogP contribution in [-0.4, -0.2) is 44.5 Å². The van der Waals surface area contributed by atoms with Crippen LogP contribution in [0.2, 0.25) is 0 Å². The summed E-state index contributed by atoms with van der Waals surface area (Å²) in [5.41, 5.74) is 16.1. The molecule has 9 aromatic rings. The van der Waals surface area contributed by atoms with Gasteiger partial charge in [-0.25, -0.2) is 0 Å². The summed E-state index contributed by atoms with van der Waals surface area (Å²) in [7, 11) is 0. The second-order valence-corrected chi connectivity index (χ2v) is 24.9. The number of hydrogen-bond acceptors (Lipinski definition) is 10. The zero-order chi connectivity index (χ0) is 62.8. The molecule has 12 heteroatoms. The van der Waals surface area contributed by atoms with Crippen LogP contribution in [0.4, 0.5) is 102 Å². The first-order valence-corrected chi connectivity index (χ1v) is 30.0. The molecule has 0 N–H and O–H groups in total. The Hall–Kier alpha value is -8.16. The molecular weight excluding hydrogens is 1320 g/mol. The normalized spacial score (nSPS) is 18.9. The molecule has 9 aromatic carbocycles. The second-order valence-electron chi connectivity index (χ2n) is 19.7. The summed E-state index contributed by atoms with van der Waals surface area (Å²) in [5.74, 6) is 0. The summed E-state index contributed by atoms with van der Waals surface area (Å²) >= 11 is -3.32. The van der Waals surface area contributed by atoms with E-state index in [1.807, 2.05) is 165 Å². The first-order chi connectivity index (χ1) is 42.9. The van der Waals surface area contributed by atoms with Crippen molar-refractivity contribution in [2.24, 2.45) is 0 Å². The molecule has 6 heterocycles. The quantitative estimate of drug-likeness (QED) is 0.167. The van der Waals surface area contributed by atoms with E-state index in [2.05, 4.69) is 86.0 Å². The predicted octanol–water partition coefficient (Wildman–Crippen LogP) is 14.8. The second kappa shape index (κ2) is 17.7. The average Bonchev–Trinajstić information content (AvgIpc) is 1.49. The Kier molecular flexibility index (Phi) is 8.17. The molecule has 0 saturated heterocycles. The van der Waals surface area contributed by atoms with Gasteiger partial charge in [-0.3, -0.25) is 0 Å². The fraction of sp³-hybridized carbons (Fsp3) is 0.121. The van der Waals surface area contributed by atoms with Crippen LogP contribution in [0.1, 0.15) is 38.7 Å². The van der Waals surface area contributed by atoms with E-state index in [1.165, 1.54) is 19.6 Å². The molecule has 10 nitrogen and oxygen atoms in total. The van der Waals surface area contributed by atoms with Crippen LogP contribution in [0.25, 0.3) is 0 Å². The molecule has 8 bridgehead atoms. The Morgan fingerprint density at radius 3 is 0.679 bits per heavy atom. The Morgan fingerprint density at radius 1 is 0.256 bits per heavy atom. The molecule has 0 unspecified atom stereocenters. The van der Waals surface area contributed by atoms with E-state index in [0.29, 0.717) is 84.8 Å². The van der Waals surface area contributed by atoms with Gasteiger partial charge in [0.05, 0.1) is 0 Å². The van der Waals surface area contributed by atoms with E-state index >= 15 is 0 Å². The summed E-state index contributed by atoms with van der Waals surface area (Å²) in [6.45, 7) is -2.06. The fourth-order valence-electron chi connectivity index (χ4n) is 11.7. The Bertz CT molecular complexity index is 4130. The van der Waals surface area contributed by atoms with Gasteiger partial charge >= 0.3 is 492 Å². The third-order valence-electron chi connectivity index (χ3n) is 15.5. The monoisotopic (exact) mass is 1390 g/mol. The van der Waals surface area contributed by atoms with Crippen LogP contribution in [0.15, 0.2) is 194 Å². The van der Waals surface area contributed by atoms with Gasteiger partial charge in [-0.2, -0.15) is 0 Å². The van der Waals surface area contributed by atoms with Crippen LogP contribution in [0.3, 0.4) is 0 Å².